The molecular formula is C17H16N2O4. The zero-order chi connectivity index (χ0) is 16.4. The zero-order valence-electron chi connectivity index (χ0n) is 12.9. The molecule has 0 fully saturated rings. The normalized spacial score (nSPS) is 16.3. The molecule has 1 amide bonds. The summed E-state index contributed by atoms with van der Waals surface area (Å²) in [6.07, 6.45) is -0.858. The average Bonchev–Trinajstić information content (AvgIpc) is 2.59. The molecule has 1 aliphatic rings. The molecule has 0 saturated carbocycles. The monoisotopic (exact) mass is 312 g/mol. The summed E-state index contributed by atoms with van der Waals surface area (Å²) in [4.78, 5) is 30.4. The predicted molar refractivity (Wildman–Crippen MR) is 83.5 cm³/mol. The molecule has 3 rings (SSSR count). The van der Waals surface area contributed by atoms with E-state index < -0.39 is 12.1 Å². The molecule has 1 aromatic carbocycles. The molecule has 6 nitrogen and oxygen atoms in total. The number of rotatable bonds is 2. The van der Waals surface area contributed by atoms with Gasteiger partial charge in [-0.15, -0.1) is 0 Å². The second-order valence-electron chi connectivity index (χ2n) is 5.18. The Kier molecular flexibility index (Phi) is 3.97. The molecule has 118 valence electrons. The van der Waals surface area contributed by atoms with Crippen molar-refractivity contribution >= 4 is 17.6 Å². The van der Waals surface area contributed by atoms with Crippen molar-refractivity contribution in [2.75, 3.05) is 18.6 Å². The molecule has 23 heavy (non-hydrogen) atoms. The number of nitrogens with zero attached hydrogens (tertiary/aromatic N) is 2. The van der Waals surface area contributed by atoms with Gasteiger partial charge in [0, 0.05) is 5.69 Å². The molecule has 6 heteroatoms. The number of anilines is 1. The van der Waals surface area contributed by atoms with Crippen molar-refractivity contribution < 1.29 is 19.1 Å². The summed E-state index contributed by atoms with van der Waals surface area (Å²) in [5.74, 6) is -0.331. The maximum absolute atomic E-state index is 12.8. The first kappa shape index (κ1) is 15.0. The van der Waals surface area contributed by atoms with Gasteiger partial charge < -0.3 is 9.47 Å². The number of aryl methyl sites for hydroxylation is 1. The van der Waals surface area contributed by atoms with Gasteiger partial charge in [-0.05, 0) is 31.2 Å². The molecular weight excluding hydrogens is 296 g/mol. The molecule has 1 aliphatic heterocycles. The van der Waals surface area contributed by atoms with Crippen molar-refractivity contribution in [3.8, 4) is 5.75 Å². The van der Waals surface area contributed by atoms with Crippen molar-refractivity contribution in [2.45, 2.75) is 13.0 Å². The molecule has 0 N–H and O–H groups in total. The standard InChI is InChI=1S/C17H16N2O4/c1-11-6-5-7-12(18-11)16(20)19-10-15(17(21)22-2)23-14-9-4-3-8-13(14)19/h3-9,15H,10H2,1-2H3/t15-/m0/s1. The lowest BCUT2D eigenvalue weighted by Crippen LogP contribution is -2.47. The Morgan fingerprint density at radius 2 is 2.00 bits per heavy atom. The van der Waals surface area contributed by atoms with E-state index in [1.165, 1.54) is 12.0 Å². The third-order valence-corrected chi connectivity index (χ3v) is 3.59. The predicted octanol–water partition coefficient (Wildman–Crippen LogP) is 1.97. The topological polar surface area (TPSA) is 68.7 Å². The summed E-state index contributed by atoms with van der Waals surface area (Å²) >= 11 is 0. The van der Waals surface area contributed by atoms with E-state index in [9.17, 15) is 9.59 Å². The van der Waals surface area contributed by atoms with Gasteiger partial charge in [-0.2, -0.15) is 0 Å². The summed E-state index contributed by atoms with van der Waals surface area (Å²) in [7, 11) is 1.29. The number of carbonyl (C=O) groups excluding carboxylic acids is 2. The smallest absolute Gasteiger partial charge is 0.348 e. The van der Waals surface area contributed by atoms with Gasteiger partial charge in [0.05, 0.1) is 19.3 Å². The largest absolute Gasteiger partial charge is 0.475 e. The first-order valence-electron chi connectivity index (χ1n) is 7.19. The van der Waals surface area contributed by atoms with E-state index in [4.69, 9.17) is 9.47 Å². The van der Waals surface area contributed by atoms with Crippen LogP contribution in [0.3, 0.4) is 0 Å². The van der Waals surface area contributed by atoms with E-state index in [2.05, 4.69) is 4.98 Å². The third-order valence-electron chi connectivity index (χ3n) is 3.59. The fourth-order valence-electron chi connectivity index (χ4n) is 2.48. The summed E-state index contributed by atoms with van der Waals surface area (Å²) in [6.45, 7) is 1.90. The molecule has 2 heterocycles. The van der Waals surface area contributed by atoms with Crippen LogP contribution in [-0.2, 0) is 9.53 Å². The minimum absolute atomic E-state index is 0.0815. The minimum atomic E-state index is -0.858. The zero-order valence-corrected chi connectivity index (χ0v) is 12.9. The van der Waals surface area contributed by atoms with Crippen LogP contribution < -0.4 is 9.64 Å². The van der Waals surface area contributed by atoms with Crippen LogP contribution >= 0.6 is 0 Å². The first-order valence-corrected chi connectivity index (χ1v) is 7.19. The summed E-state index contributed by atoms with van der Waals surface area (Å²) in [5.41, 5.74) is 1.69. The Labute approximate surface area is 133 Å². The SMILES string of the molecule is COC(=O)[C@@H]1CN(C(=O)c2cccc(C)n2)c2ccccc2O1. The molecule has 0 aliphatic carbocycles. The Balaban J connectivity index is 1.99. The third kappa shape index (κ3) is 2.88. The lowest BCUT2D eigenvalue weighted by molar-refractivity contribution is -0.148. The number of methoxy groups -OCH3 is 1. The molecule has 0 radical (unpaired) electrons. The number of hydrogen-bond donors (Lipinski definition) is 0. The van der Waals surface area contributed by atoms with Crippen LogP contribution in [0.2, 0.25) is 0 Å². The van der Waals surface area contributed by atoms with Gasteiger partial charge in [0.15, 0.2) is 0 Å². The van der Waals surface area contributed by atoms with Gasteiger partial charge in [0.25, 0.3) is 5.91 Å². The average molecular weight is 312 g/mol. The van der Waals surface area contributed by atoms with Crippen molar-refractivity contribution in [1.82, 2.24) is 4.98 Å². The molecule has 0 bridgehead atoms. The lowest BCUT2D eigenvalue weighted by Gasteiger charge is -2.33. The molecule has 0 saturated heterocycles. The van der Waals surface area contributed by atoms with Crippen LogP contribution in [0.1, 0.15) is 16.2 Å². The van der Waals surface area contributed by atoms with Gasteiger partial charge in [-0.1, -0.05) is 18.2 Å². The van der Waals surface area contributed by atoms with Crippen LogP contribution in [0.5, 0.6) is 5.75 Å². The number of amides is 1. The summed E-state index contributed by atoms with van der Waals surface area (Å²) in [5, 5.41) is 0. The number of carbonyl (C=O) groups is 2. The van der Waals surface area contributed by atoms with Crippen molar-refractivity contribution in [1.29, 1.82) is 0 Å². The minimum Gasteiger partial charge on any atom is -0.475 e. The molecule has 2 aromatic rings. The number of aromatic nitrogens is 1. The number of esters is 1. The quantitative estimate of drug-likeness (QED) is 0.793. The van der Waals surface area contributed by atoms with Crippen LogP contribution in [0.4, 0.5) is 5.69 Å². The highest BCUT2D eigenvalue weighted by Gasteiger charge is 2.35. The maximum Gasteiger partial charge on any atom is 0.348 e. The number of benzene rings is 1. The number of hydrogen-bond acceptors (Lipinski definition) is 5. The molecule has 0 unspecified atom stereocenters. The van der Waals surface area contributed by atoms with E-state index in [1.54, 1.807) is 30.3 Å². The van der Waals surface area contributed by atoms with Crippen LogP contribution in [0.25, 0.3) is 0 Å². The fourth-order valence-corrected chi connectivity index (χ4v) is 2.48. The van der Waals surface area contributed by atoms with Crippen LogP contribution in [0.15, 0.2) is 42.5 Å². The molecule has 1 aromatic heterocycles. The number of fused-ring (bicyclic) bond motifs is 1. The number of ether oxygens (including phenoxy) is 2. The summed E-state index contributed by atoms with van der Waals surface area (Å²) in [6, 6.07) is 12.3. The molecule has 1 atom stereocenters. The van der Waals surface area contributed by atoms with E-state index in [-0.39, 0.29) is 12.5 Å². The maximum atomic E-state index is 12.8. The molecule has 0 spiro atoms. The van der Waals surface area contributed by atoms with Gasteiger partial charge in [0.2, 0.25) is 6.10 Å². The number of pyridine rings is 1. The fraction of sp³-hybridized carbons (Fsp3) is 0.235. The first-order chi connectivity index (χ1) is 11.1. The van der Waals surface area contributed by atoms with Crippen LogP contribution in [0, 0.1) is 6.92 Å². The second-order valence-corrected chi connectivity index (χ2v) is 5.18. The highest BCUT2D eigenvalue weighted by atomic mass is 16.6. The second kappa shape index (κ2) is 6.08. The highest BCUT2D eigenvalue weighted by molar-refractivity contribution is 6.06. The summed E-state index contributed by atoms with van der Waals surface area (Å²) < 4.78 is 10.4. The Morgan fingerprint density at radius 3 is 2.74 bits per heavy atom. The van der Waals surface area contributed by atoms with Crippen molar-refractivity contribution in [3.63, 3.8) is 0 Å². The van der Waals surface area contributed by atoms with Crippen molar-refractivity contribution in [2.24, 2.45) is 0 Å². The Bertz CT molecular complexity index is 760. The Hall–Kier alpha value is -2.89. The number of para-hydroxylation sites is 2. The van der Waals surface area contributed by atoms with Gasteiger partial charge in [-0.3, -0.25) is 9.69 Å². The van der Waals surface area contributed by atoms with E-state index in [0.717, 1.165) is 5.69 Å². The van der Waals surface area contributed by atoms with E-state index in [1.807, 2.05) is 19.1 Å². The van der Waals surface area contributed by atoms with Gasteiger partial charge >= 0.3 is 5.97 Å². The van der Waals surface area contributed by atoms with E-state index >= 15 is 0 Å². The van der Waals surface area contributed by atoms with Crippen LogP contribution in [-0.4, -0.2) is 36.6 Å². The van der Waals surface area contributed by atoms with Crippen molar-refractivity contribution in [3.05, 3.63) is 53.9 Å². The van der Waals surface area contributed by atoms with Gasteiger partial charge in [-0.25, -0.2) is 9.78 Å². The Morgan fingerprint density at radius 1 is 1.22 bits per heavy atom. The highest BCUT2D eigenvalue weighted by Crippen LogP contribution is 2.34. The van der Waals surface area contributed by atoms with E-state index in [0.29, 0.717) is 17.1 Å². The lowest BCUT2D eigenvalue weighted by atomic mass is 10.1. The van der Waals surface area contributed by atoms with Gasteiger partial charge in [0.1, 0.15) is 11.4 Å².